The maximum atomic E-state index is 10.8. The van der Waals surface area contributed by atoms with Gasteiger partial charge in [0.25, 0.3) is 0 Å². The molecule has 0 saturated heterocycles. The average Bonchev–Trinajstić information content (AvgIpc) is 2.53. The summed E-state index contributed by atoms with van der Waals surface area (Å²) in [5.41, 5.74) is 1.27. The van der Waals surface area contributed by atoms with Gasteiger partial charge in [0, 0.05) is 5.56 Å². The summed E-state index contributed by atoms with van der Waals surface area (Å²) in [5.74, 6) is 1.11. The summed E-state index contributed by atoms with van der Waals surface area (Å²) in [6, 6.07) is 11.4. The molecule has 2 N–H and O–H groups in total. The Hall–Kier alpha value is -2.53. The number of phenols is 1. The third kappa shape index (κ3) is 2.55. The number of hydrogen-bond acceptors (Lipinski definition) is 5. The second-order valence-corrected chi connectivity index (χ2v) is 4.79. The van der Waals surface area contributed by atoms with Gasteiger partial charge in [0.15, 0.2) is 23.7 Å². The van der Waals surface area contributed by atoms with Crippen LogP contribution in [0.4, 0.5) is 0 Å². The van der Waals surface area contributed by atoms with Crippen LogP contribution in [0.5, 0.6) is 17.2 Å². The number of rotatable bonds is 3. The summed E-state index contributed by atoms with van der Waals surface area (Å²) in [6.07, 6.45) is -0.335. The molecule has 2 aromatic carbocycles. The Morgan fingerprint density at radius 3 is 2.48 bits per heavy atom. The van der Waals surface area contributed by atoms with E-state index in [0.717, 1.165) is 11.8 Å². The van der Waals surface area contributed by atoms with Gasteiger partial charge in [-0.15, -0.1) is 0 Å². The molecule has 2 aromatic rings. The SMILES string of the molecule is O=Cc1ccc2c(c1)O[C@H](CO)[C@@H](c1ccc(O)cc1)O2. The largest absolute Gasteiger partial charge is 0.508 e. The van der Waals surface area contributed by atoms with Crippen LogP contribution < -0.4 is 9.47 Å². The van der Waals surface area contributed by atoms with E-state index < -0.39 is 12.2 Å². The minimum absolute atomic E-state index is 0.159. The molecule has 0 fully saturated rings. The zero-order chi connectivity index (χ0) is 14.8. The first-order chi connectivity index (χ1) is 10.2. The van der Waals surface area contributed by atoms with Crippen molar-refractivity contribution >= 4 is 6.29 Å². The number of hydrogen-bond donors (Lipinski definition) is 2. The quantitative estimate of drug-likeness (QED) is 0.845. The molecule has 1 aliphatic rings. The van der Waals surface area contributed by atoms with Crippen molar-refractivity contribution in [2.24, 2.45) is 0 Å². The minimum Gasteiger partial charge on any atom is -0.508 e. The highest BCUT2D eigenvalue weighted by molar-refractivity contribution is 5.76. The van der Waals surface area contributed by atoms with Gasteiger partial charge in [-0.25, -0.2) is 0 Å². The van der Waals surface area contributed by atoms with E-state index in [1.807, 2.05) is 0 Å². The Morgan fingerprint density at radius 2 is 1.81 bits per heavy atom. The van der Waals surface area contributed by atoms with Crippen molar-refractivity contribution in [1.29, 1.82) is 0 Å². The van der Waals surface area contributed by atoms with Gasteiger partial charge < -0.3 is 19.7 Å². The van der Waals surface area contributed by atoms with Crippen molar-refractivity contribution < 1.29 is 24.5 Å². The number of aliphatic hydroxyl groups excluding tert-OH is 1. The number of phenolic OH excluding ortho intramolecular Hbond substituents is 1. The van der Waals surface area contributed by atoms with Crippen LogP contribution in [-0.2, 0) is 0 Å². The highest BCUT2D eigenvalue weighted by atomic mass is 16.6. The van der Waals surface area contributed by atoms with Crippen LogP contribution in [0.1, 0.15) is 22.0 Å². The van der Waals surface area contributed by atoms with Crippen molar-refractivity contribution in [1.82, 2.24) is 0 Å². The topological polar surface area (TPSA) is 76.0 Å². The zero-order valence-corrected chi connectivity index (χ0v) is 11.1. The van der Waals surface area contributed by atoms with Crippen molar-refractivity contribution in [3.05, 3.63) is 53.6 Å². The molecule has 0 amide bonds. The fourth-order valence-electron chi connectivity index (χ4n) is 2.30. The molecule has 0 saturated carbocycles. The zero-order valence-electron chi connectivity index (χ0n) is 11.1. The lowest BCUT2D eigenvalue weighted by Crippen LogP contribution is -2.36. The van der Waals surface area contributed by atoms with E-state index in [4.69, 9.17) is 9.47 Å². The number of carbonyl (C=O) groups excluding carboxylic acids is 1. The first kappa shape index (κ1) is 13.5. The Kier molecular flexibility index (Phi) is 3.50. The molecule has 0 aliphatic carbocycles. The number of ether oxygens (including phenoxy) is 2. The maximum absolute atomic E-state index is 10.8. The molecule has 0 radical (unpaired) electrons. The molecule has 0 unspecified atom stereocenters. The van der Waals surface area contributed by atoms with Crippen LogP contribution >= 0.6 is 0 Å². The number of benzene rings is 2. The van der Waals surface area contributed by atoms with E-state index in [2.05, 4.69) is 0 Å². The van der Waals surface area contributed by atoms with Crippen LogP contribution in [-0.4, -0.2) is 29.2 Å². The lowest BCUT2D eigenvalue weighted by Gasteiger charge is -2.33. The third-order valence-corrected chi connectivity index (χ3v) is 3.38. The second-order valence-electron chi connectivity index (χ2n) is 4.79. The summed E-state index contributed by atoms with van der Waals surface area (Å²) in [6.45, 7) is -0.226. The molecular weight excluding hydrogens is 272 g/mol. The molecule has 5 heteroatoms. The smallest absolute Gasteiger partial charge is 0.163 e. The monoisotopic (exact) mass is 286 g/mol. The van der Waals surface area contributed by atoms with E-state index in [1.54, 1.807) is 42.5 Å². The summed E-state index contributed by atoms with van der Waals surface area (Å²) < 4.78 is 11.6. The normalized spacial score (nSPS) is 20.0. The van der Waals surface area contributed by atoms with Gasteiger partial charge in [0.2, 0.25) is 0 Å². The molecule has 5 nitrogen and oxygen atoms in total. The highest BCUT2D eigenvalue weighted by Gasteiger charge is 2.32. The van der Waals surface area contributed by atoms with Gasteiger partial charge in [0.05, 0.1) is 6.61 Å². The number of carbonyl (C=O) groups is 1. The van der Waals surface area contributed by atoms with Crippen molar-refractivity contribution in [2.75, 3.05) is 6.61 Å². The van der Waals surface area contributed by atoms with Gasteiger partial charge >= 0.3 is 0 Å². The predicted molar refractivity (Wildman–Crippen MR) is 74.8 cm³/mol. The Balaban J connectivity index is 1.95. The summed E-state index contributed by atoms with van der Waals surface area (Å²) in [7, 11) is 0. The lowest BCUT2D eigenvalue weighted by atomic mass is 10.0. The van der Waals surface area contributed by atoms with Crippen LogP contribution in [0.25, 0.3) is 0 Å². The average molecular weight is 286 g/mol. The van der Waals surface area contributed by atoms with Crippen LogP contribution in [0, 0.1) is 0 Å². The standard InChI is InChI=1S/C16H14O5/c17-8-10-1-6-13-14(7-10)20-15(9-18)16(21-13)11-2-4-12(19)5-3-11/h1-8,15-16,18-19H,9H2/t15-,16-/m1/s1. The number of fused-ring (bicyclic) bond motifs is 1. The fraction of sp³-hybridized carbons (Fsp3) is 0.188. The summed E-state index contributed by atoms with van der Waals surface area (Å²) in [4.78, 5) is 10.8. The lowest BCUT2D eigenvalue weighted by molar-refractivity contribution is -0.0123. The van der Waals surface area contributed by atoms with Gasteiger partial charge in [-0.3, -0.25) is 4.79 Å². The molecule has 3 rings (SSSR count). The Bertz CT molecular complexity index is 650. The maximum Gasteiger partial charge on any atom is 0.163 e. The molecule has 1 heterocycles. The van der Waals surface area contributed by atoms with E-state index >= 15 is 0 Å². The summed E-state index contributed by atoms with van der Waals surface area (Å²) >= 11 is 0. The Labute approximate surface area is 121 Å². The minimum atomic E-state index is -0.580. The first-order valence-corrected chi connectivity index (χ1v) is 6.53. The number of aldehydes is 1. The van der Waals surface area contributed by atoms with E-state index in [1.165, 1.54) is 0 Å². The molecule has 2 atom stereocenters. The number of aromatic hydroxyl groups is 1. The van der Waals surface area contributed by atoms with Crippen LogP contribution in [0.2, 0.25) is 0 Å². The van der Waals surface area contributed by atoms with E-state index in [0.29, 0.717) is 17.1 Å². The van der Waals surface area contributed by atoms with Crippen LogP contribution in [0.15, 0.2) is 42.5 Å². The van der Waals surface area contributed by atoms with E-state index in [9.17, 15) is 15.0 Å². The molecule has 108 valence electrons. The molecule has 21 heavy (non-hydrogen) atoms. The molecule has 1 aliphatic heterocycles. The van der Waals surface area contributed by atoms with Gasteiger partial charge in [-0.2, -0.15) is 0 Å². The molecule has 0 bridgehead atoms. The van der Waals surface area contributed by atoms with Gasteiger partial charge in [0.1, 0.15) is 12.0 Å². The first-order valence-electron chi connectivity index (χ1n) is 6.53. The number of aliphatic hydroxyl groups is 1. The second kappa shape index (κ2) is 5.46. The van der Waals surface area contributed by atoms with Crippen LogP contribution in [0.3, 0.4) is 0 Å². The third-order valence-electron chi connectivity index (χ3n) is 3.38. The van der Waals surface area contributed by atoms with Crippen molar-refractivity contribution in [3.63, 3.8) is 0 Å². The van der Waals surface area contributed by atoms with E-state index in [-0.39, 0.29) is 12.4 Å². The molecule has 0 spiro atoms. The van der Waals surface area contributed by atoms with Crippen molar-refractivity contribution in [2.45, 2.75) is 12.2 Å². The predicted octanol–water partition coefficient (Wildman–Crippen LogP) is 2.08. The fourth-order valence-corrected chi connectivity index (χ4v) is 2.30. The highest BCUT2D eigenvalue weighted by Crippen LogP contribution is 2.40. The molecular formula is C16H14O5. The molecule has 0 aromatic heterocycles. The van der Waals surface area contributed by atoms with Gasteiger partial charge in [-0.05, 0) is 35.9 Å². The van der Waals surface area contributed by atoms with Gasteiger partial charge in [-0.1, -0.05) is 12.1 Å². The summed E-state index contributed by atoms with van der Waals surface area (Å²) in [5, 5.41) is 18.8. The Morgan fingerprint density at radius 1 is 1.05 bits per heavy atom. The van der Waals surface area contributed by atoms with Crippen molar-refractivity contribution in [3.8, 4) is 17.2 Å².